The van der Waals surface area contributed by atoms with E-state index in [0.717, 1.165) is 12.8 Å². The van der Waals surface area contributed by atoms with Crippen molar-refractivity contribution >= 4 is 11.9 Å². The molecular weight excluding hydrogens is 208 g/mol. The Balaban J connectivity index is 2.34. The number of carboxylic acid groups (broad SMARTS) is 1. The predicted molar refractivity (Wildman–Crippen MR) is 58.7 cm³/mol. The largest absolute Gasteiger partial charge is 0.481 e. The molecule has 0 aromatic carbocycles. The Morgan fingerprint density at radius 3 is 2.69 bits per heavy atom. The first-order valence-electron chi connectivity index (χ1n) is 5.30. The molecule has 0 saturated heterocycles. The summed E-state index contributed by atoms with van der Waals surface area (Å²) in [6, 6.07) is 0.236. The minimum Gasteiger partial charge on any atom is -0.481 e. The fraction of sp³-hybridized carbons (Fsp3) is 0.636. The van der Waals surface area contributed by atoms with Crippen LogP contribution in [0.5, 0.6) is 0 Å². The molecule has 1 amide bonds. The van der Waals surface area contributed by atoms with Crippen molar-refractivity contribution in [3.05, 3.63) is 0 Å². The molecule has 5 nitrogen and oxygen atoms in total. The third-order valence-electron chi connectivity index (χ3n) is 2.38. The summed E-state index contributed by atoms with van der Waals surface area (Å²) in [7, 11) is 0. The van der Waals surface area contributed by atoms with Crippen LogP contribution in [-0.2, 0) is 9.59 Å². The summed E-state index contributed by atoms with van der Waals surface area (Å²) in [6.45, 7) is 0.820. The van der Waals surface area contributed by atoms with Crippen LogP contribution in [0.2, 0.25) is 0 Å². The van der Waals surface area contributed by atoms with Crippen molar-refractivity contribution in [2.75, 3.05) is 19.6 Å². The van der Waals surface area contributed by atoms with E-state index >= 15 is 0 Å². The van der Waals surface area contributed by atoms with Gasteiger partial charge in [0.05, 0.1) is 19.5 Å². The summed E-state index contributed by atoms with van der Waals surface area (Å²) in [5.41, 5.74) is 0. The molecule has 5 heteroatoms. The van der Waals surface area contributed by atoms with E-state index in [9.17, 15) is 9.59 Å². The predicted octanol–water partition coefficient (Wildman–Crippen LogP) is -0.325. The van der Waals surface area contributed by atoms with Crippen molar-refractivity contribution in [2.24, 2.45) is 0 Å². The first kappa shape index (κ1) is 12.5. The van der Waals surface area contributed by atoms with Crippen LogP contribution in [0.1, 0.15) is 19.3 Å². The van der Waals surface area contributed by atoms with Crippen molar-refractivity contribution in [1.29, 1.82) is 0 Å². The molecule has 0 aliphatic heterocycles. The first-order chi connectivity index (χ1) is 7.65. The summed E-state index contributed by atoms with van der Waals surface area (Å²) < 4.78 is 0. The highest BCUT2D eigenvalue weighted by atomic mass is 16.4. The van der Waals surface area contributed by atoms with Crippen LogP contribution in [0.4, 0.5) is 0 Å². The highest BCUT2D eigenvalue weighted by Gasteiger charge is 2.32. The van der Waals surface area contributed by atoms with Gasteiger partial charge in [-0.25, -0.2) is 0 Å². The van der Waals surface area contributed by atoms with Crippen molar-refractivity contribution < 1.29 is 14.7 Å². The van der Waals surface area contributed by atoms with E-state index < -0.39 is 5.97 Å². The van der Waals surface area contributed by atoms with Gasteiger partial charge in [-0.2, -0.15) is 0 Å². The van der Waals surface area contributed by atoms with Gasteiger partial charge in [-0.1, -0.05) is 5.92 Å². The summed E-state index contributed by atoms with van der Waals surface area (Å²) in [5, 5.41) is 11.4. The van der Waals surface area contributed by atoms with Crippen molar-refractivity contribution in [1.82, 2.24) is 10.2 Å². The van der Waals surface area contributed by atoms with Gasteiger partial charge in [-0.15, -0.1) is 6.42 Å². The van der Waals surface area contributed by atoms with Crippen LogP contribution < -0.4 is 5.32 Å². The van der Waals surface area contributed by atoms with Gasteiger partial charge in [-0.3, -0.25) is 14.9 Å². The van der Waals surface area contributed by atoms with E-state index in [1.807, 2.05) is 0 Å². The Bertz CT molecular complexity index is 305. The van der Waals surface area contributed by atoms with E-state index in [0.29, 0.717) is 6.54 Å². The van der Waals surface area contributed by atoms with Crippen LogP contribution in [0, 0.1) is 12.3 Å². The Morgan fingerprint density at radius 1 is 1.50 bits per heavy atom. The molecule has 0 atom stereocenters. The van der Waals surface area contributed by atoms with Crippen LogP contribution in [0.15, 0.2) is 0 Å². The molecule has 1 fully saturated rings. The van der Waals surface area contributed by atoms with Gasteiger partial charge in [0.1, 0.15) is 0 Å². The van der Waals surface area contributed by atoms with Gasteiger partial charge < -0.3 is 10.0 Å². The maximum absolute atomic E-state index is 11.7. The van der Waals surface area contributed by atoms with Gasteiger partial charge in [0.15, 0.2) is 0 Å². The van der Waals surface area contributed by atoms with Gasteiger partial charge >= 0.3 is 5.97 Å². The smallest absolute Gasteiger partial charge is 0.305 e. The topological polar surface area (TPSA) is 69.6 Å². The van der Waals surface area contributed by atoms with E-state index in [1.54, 1.807) is 4.90 Å². The zero-order valence-corrected chi connectivity index (χ0v) is 9.11. The molecule has 1 saturated carbocycles. The summed E-state index contributed by atoms with van der Waals surface area (Å²) in [4.78, 5) is 23.8. The molecule has 16 heavy (non-hydrogen) atoms. The number of carbonyl (C=O) groups excluding carboxylic acids is 1. The van der Waals surface area contributed by atoms with Gasteiger partial charge in [0.2, 0.25) is 5.91 Å². The Hall–Kier alpha value is -1.54. The number of rotatable bonds is 7. The normalized spacial score (nSPS) is 14.2. The molecule has 0 aromatic heterocycles. The number of terminal acetylenes is 1. The third kappa shape index (κ3) is 4.32. The summed E-state index contributed by atoms with van der Waals surface area (Å²) in [5.74, 6) is 1.43. The van der Waals surface area contributed by atoms with E-state index in [4.69, 9.17) is 11.5 Å². The molecule has 88 valence electrons. The average Bonchev–Trinajstić information content (AvgIpc) is 3.02. The standard InChI is InChI=1S/C11H16N2O3/c1-2-6-12-8-10(14)13(9-3-4-9)7-5-11(15)16/h1,9,12H,3-8H2,(H,15,16). The second-order valence-electron chi connectivity index (χ2n) is 3.77. The van der Waals surface area contributed by atoms with Gasteiger partial charge in [-0.05, 0) is 12.8 Å². The van der Waals surface area contributed by atoms with Crippen LogP contribution in [0.3, 0.4) is 0 Å². The number of hydrogen-bond donors (Lipinski definition) is 2. The van der Waals surface area contributed by atoms with Gasteiger partial charge in [0, 0.05) is 12.6 Å². The quantitative estimate of drug-likeness (QED) is 0.459. The summed E-state index contributed by atoms with van der Waals surface area (Å²) in [6.07, 6.45) is 6.99. The molecule has 1 aliphatic rings. The Labute approximate surface area is 94.8 Å². The molecule has 0 bridgehead atoms. The van der Waals surface area contributed by atoms with Crippen molar-refractivity contribution in [3.8, 4) is 12.3 Å². The number of carboxylic acids is 1. The first-order valence-corrected chi connectivity index (χ1v) is 5.30. The minimum absolute atomic E-state index is 0.00260. The molecule has 0 unspecified atom stereocenters. The molecule has 1 aliphatic carbocycles. The van der Waals surface area contributed by atoms with Gasteiger partial charge in [0.25, 0.3) is 0 Å². The lowest BCUT2D eigenvalue weighted by molar-refractivity contribution is -0.138. The van der Waals surface area contributed by atoms with Crippen LogP contribution in [-0.4, -0.2) is 47.6 Å². The van der Waals surface area contributed by atoms with E-state index in [-0.39, 0.29) is 31.5 Å². The molecule has 0 spiro atoms. The number of nitrogens with zero attached hydrogens (tertiary/aromatic N) is 1. The van der Waals surface area contributed by atoms with Crippen LogP contribution in [0.25, 0.3) is 0 Å². The fourth-order valence-corrected chi connectivity index (χ4v) is 1.46. The molecule has 2 N–H and O–H groups in total. The number of aliphatic carboxylic acids is 1. The average molecular weight is 224 g/mol. The lowest BCUT2D eigenvalue weighted by Gasteiger charge is -2.21. The fourth-order valence-electron chi connectivity index (χ4n) is 1.46. The maximum Gasteiger partial charge on any atom is 0.305 e. The SMILES string of the molecule is C#CCNCC(=O)N(CCC(=O)O)C1CC1. The highest BCUT2D eigenvalue weighted by Crippen LogP contribution is 2.26. The second-order valence-corrected chi connectivity index (χ2v) is 3.77. The lowest BCUT2D eigenvalue weighted by atomic mass is 10.3. The zero-order chi connectivity index (χ0) is 12.0. The Kier molecular flexibility index (Phi) is 4.80. The van der Waals surface area contributed by atoms with Crippen molar-refractivity contribution in [2.45, 2.75) is 25.3 Å². The van der Waals surface area contributed by atoms with E-state index in [2.05, 4.69) is 11.2 Å². The number of amides is 1. The third-order valence-corrected chi connectivity index (χ3v) is 2.38. The minimum atomic E-state index is -0.880. The molecule has 0 radical (unpaired) electrons. The maximum atomic E-state index is 11.7. The molecule has 0 aromatic rings. The number of carbonyl (C=O) groups is 2. The van der Waals surface area contributed by atoms with E-state index in [1.165, 1.54) is 0 Å². The zero-order valence-electron chi connectivity index (χ0n) is 9.11. The second kappa shape index (κ2) is 6.13. The van der Waals surface area contributed by atoms with Crippen LogP contribution >= 0.6 is 0 Å². The Morgan fingerprint density at radius 2 is 2.19 bits per heavy atom. The highest BCUT2D eigenvalue weighted by molar-refractivity contribution is 5.79. The number of hydrogen-bond acceptors (Lipinski definition) is 3. The number of nitrogens with one attached hydrogen (secondary N) is 1. The molecule has 0 heterocycles. The summed E-state index contributed by atoms with van der Waals surface area (Å²) >= 11 is 0. The van der Waals surface area contributed by atoms with Crippen molar-refractivity contribution in [3.63, 3.8) is 0 Å². The molecule has 1 rings (SSSR count). The monoisotopic (exact) mass is 224 g/mol. The molecular formula is C11H16N2O3. The lowest BCUT2D eigenvalue weighted by Crippen LogP contribution is -2.40.